The molecule has 0 aromatic rings. The summed E-state index contributed by atoms with van der Waals surface area (Å²) in [6, 6.07) is 0.962. The van der Waals surface area contributed by atoms with E-state index in [1.807, 2.05) is 6.92 Å². The van der Waals surface area contributed by atoms with Crippen LogP contribution in [0.1, 0.15) is 65.7 Å². The maximum atomic E-state index is 12.2. The minimum absolute atomic E-state index is 0. The summed E-state index contributed by atoms with van der Waals surface area (Å²) in [5, 5.41) is 7.38. The first kappa shape index (κ1) is 24.1. The van der Waals surface area contributed by atoms with Crippen LogP contribution >= 0.6 is 24.0 Å². The molecule has 154 valence electrons. The topological polar surface area (TPSA) is 56.7 Å². The number of aliphatic imine (C=N–C) groups is 1. The first-order valence-corrected chi connectivity index (χ1v) is 11.7. The lowest BCUT2D eigenvalue weighted by atomic mass is 9.95. The Bertz CT molecular complexity index is 443. The van der Waals surface area contributed by atoms with E-state index in [4.69, 9.17) is 4.99 Å². The zero-order valence-corrected chi connectivity index (χ0v) is 20.0. The fourth-order valence-electron chi connectivity index (χ4n) is 4.07. The average molecular weight is 499 g/mol. The van der Waals surface area contributed by atoms with E-state index in [0.29, 0.717) is 17.3 Å². The number of guanidine groups is 1. The number of rotatable bonds is 8. The van der Waals surface area contributed by atoms with Crippen LogP contribution in [0.25, 0.3) is 0 Å². The van der Waals surface area contributed by atoms with Crippen LogP contribution < -0.4 is 10.6 Å². The van der Waals surface area contributed by atoms with Crippen LogP contribution in [0.3, 0.4) is 0 Å². The fourth-order valence-corrected chi connectivity index (χ4v) is 5.42. The lowest BCUT2D eigenvalue weighted by Crippen LogP contribution is -2.47. The molecule has 7 heteroatoms. The molecule has 1 saturated carbocycles. The summed E-state index contributed by atoms with van der Waals surface area (Å²) in [6.45, 7) is 10.6. The largest absolute Gasteiger partial charge is 0.357 e. The molecule has 4 atom stereocenters. The summed E-state index contributed by atoms with van der Waals surface area (Å²) in [5.74, 6) is 1.72. The van der Waals surface area contributed by atoms with Crippen molar-refractivity contribution in [1.29, 1.82) is 0 Å². The lowest BCUT2D eigenvalue weighted by Gasteiger charge is -2.30. The van der Waals surface area contributed by atoms with Gasteiger partial charge in [-0.2, -0.15) is 0 Å². The van der Waals surface area contributed by atoms with Gasteiger partial charge in [0.15, 0.2) is 5.96 Å². The van der Waals surface area contributed by atoms with Crippen molar-refractivity contribution >= 4 is 40.7 Å². The Hall–Kier alpha value is 0.110. The van der Waals surface area contributed by atoms with Gasteiger partial charge in [-0.15, -0.1) is 24.0 Å². The van der Waals surface area contributed by atoms with Gasteiger partial charge in [0.1, 0.15) is 0 Å². The monoisotopic (exact) mass is 498 g/mol. The summed E-state index contributed by atoms with van der Waals surface area (Å²) >= 11 is 0. The molecule has 0 bridgehead atoms. The van der Waals surface area contributed by atoms with E-state index in [0.717, 1.165) is 50.5 Å². The van der Waals surface area contributed by atoms with Gasteiger partial charge in [0.05, 0.1) is 6.54 Å². The highest BCUT2D eigenvalue weighted by Crippen LogP contribution is 2.23. The van der Waals surface area contributed by atoms with Gasteiger partial charge >= 0.3 is 0 Å². The predicted molar refractivity (Wildman–Crippen MR) is 124 cm³/mol. The Labute approximate surface area is 180 Å². The molecule has 0 spiro atoms. The Morgan fingerprint density at radius 1 is 1.19 bits per heavy atom. The molecule has 2 N–H and O–H groups in total. The second kappa shape index (κ2) is 13.3. The van der Waals surface area contributed by atoms with Crippen LogP contribution in [0.2, 0.25) is 0 Å². The van der Waals surface area contributed by atoms with Crippen molar-refractivity contribution in [2.24, 2.45) is 4.99 Å². The van der Waals surface area contributed by atoms with Crippen LogP contribution in [0, 0.1) is 0 Å². The zero-order chi connectivity index (χ0) is 18.1. The van der Waals surface area contributed by atoms with Crippen molar-refractivity contribution in [1.82, 2.24) is 15.5 Å². The highest BCUT2D eigenvalue weighted by molar-refractivity contribution is 14.0. The lowest BCUT2D eigenvalue weighted by molar-refractivity contribution is 0.242. The van der Waals surface area contributed by atoms with Gasteiger partial charge in [-0.25, -0.2) is 0 Å². The molecule has 2 rings (SSSR count). The van der Waals surface area contributed by atoms with Gasteiger partial charge in [0.25, 0.3) is 0 Å². The summed E-state index contributed by atoms with van der Waals surface area (Å²) in [5.41, 5.74) is 0. The van der Waals surface area contributed by atoms with Crippen LogP contribution in [-0.2, 0) is 10.8 Å². The van der Waals surface area contributed by atoms with Crippen molar-refractivity contribution in [3.8, 4) is 0 Å². The normalized spacial score (nSPS) is 26.8. The molecule has 26 heavy (non-hydrogen) atoms. The number of hydrogen-bond donors (Lipinski definition) is 2. The van der Waals surface area contributed by atoms with E-state index >= 15 is 0 Å². The molecule has 4 unspecified atom stereocenters. The molecule has 2 aliphatic rings. The van der Waals surface area contributed by atoms with E-state index in [-0.39, 0.29) is 24.0 Å². The van der Waals surface area contributed by atoms with E-state index in [2.05, 4.69) is 29.4 Å². The molecule has 0 aromatic heterocycles. The smallest absolute Gasteiger partial charge is 0.191 e. The molecule has 2 fully saturated rings. The third kappa shape index (κ3) is 7.62. The first-order valence-electron chi connectivity index (χ1n) is 10.3. The number of halogens is 1. The first-order chi connectivity index (χ1) is 12.2. The van der Waals surface area contributed by atoms with Crippen LogP contribution in [0.5, 0.6) is 0 Å². The Morgan fingerprint density at radius 2 is 1.92 bits per heavy atom. The molecule has 0 radical (unpaired) electrons. The third-order valence-corrected chi connectivity index (χ3v) is 7.30. The van der Waals surface area contributed by atoms with Crippen LogP contribution in [0.4, 0.5) is 0 Å². The number of nitrogens with one attached hydrogen (secondary N) is 2. The van der Waals surface area contributed by atoms with E-state index in [1.54, 1.807) is 0 Å². The standard InChI is InChI=1S/C19H38N4OS.HI/c1-4-17(23-12-7-8-13-23)15-21-19(20-5-2)22-16-10-9-11-18(14-16)25(24)6-3;/h16-18H,4-15H2,1-3H3,(H2,20,21,22);1H. The highest BCUT2D eigenvalue weighted by Gasteiger charge is 2.26. The summed E-state index contributed by atoms with van der Waals surface area (Å²) < 4.78 is 12.2. The second-order valence-electron chi connectivity index (χ2n) is 7.32. The van der Waals surface area contributed by atoms with Crippen molar-refractivity contribution in [2.45, 2.75) is 83.1 Å². The summed E-state index contributed by atoms with van der Waals surface area (Å²) in [6.07, 6.45) is 8.26. The van der Waals surface area contributed by atoms with Gasteiger partial charge < -0.3 is 10.6 Å². The Kier molecular flexibility index (Phi) is 12.4. The molecule has 1 heterocycles. The zero-order valence-electron chi connectivity index (χ0n) is 16.8. The minimum Gasteiger partial charge on any atom is -0.357 e. The van der Waals surface area contributed by atoms with Gasteiger partial charge in [-0.3, -0.25) is 14.1 Å². The van der Waals surface area contributed by atoms with Crippen LogP contribution in [-0.4, -0.2) is 64.3 Å². The molecule has 1 aliphatic heterocycles. The Balaban J connectivity index is 0.00000338. The maximum Gasteiger partial charge on any atom is 0.191 e. The van der Waals surface area contributed by atoms with E-state index in [1.165, 1.54) is 32.4 Å². The number of likely N-dealkylation sites (tertiary alicyclic amines) is 1. The Morgan fingerprint density at radius 3 is 2.54 bits per heavy atom. The van der Waals surface area contributed by atoms with Crippen molar-refractivity contribution < 1.29 is 4.21 Å². The fraction of sp³-hybridized carbons (Fsp3) is 0.947. The van der Waals surface area contributed by atoms with Crippen LogP contribution in [0.15, 0.2) is 4.99 Å². The summed E-state index contributed by atoms with van der Waals surface area (Å²) in [7, 11) is -0.674. The van der Waals surface area contributed by atoms with Crippen molar-refractivity contribution in [2.75, 3.05) is 31.9 Å². The molecular formula is C19H39IN4OS. The molecule has 1 aliphatic carbocycles. The second-order valence-corrected chi connectivity index (χ2v) is 9.33. The van der Waals surface area contributed by atoms with E-state index < -0.39 is 10.8 Å². The summed E-state index contributed by atoms with van der Waals surface area (Å²) in [4.78, 5) is 7.48. The molecule has 0 aromatic carbocycles. The average Bonchev–Trinajstić information content (AvgIpc) is 3.16. The molecular weight excluding hydrogens is 459 g/mol. The van der Waals surface area contributed by atoms with Crippen molar-refractivity contribution in [3.63, 3.8) is 0 Å². The highest BCUT2D eigenvalue weighted by atomic mass is 127. The van der Waals surface area contributed by atoms with Gasteiger partial charge in [-0.05, 0) is 58.5 Å². The third-order valence-electron chi connectivity index (χ3n) is 5.56. The van der Waals surface area contributed by atoms with Gasteiger partial charge in [-0.1, -0.05) is 20.3 Å². The molecule has 0 amide bonds. The number of hydrogen-bond acceptors (Lipinski definition) is 3. The van der Waals surface area contributed by atoms with Crippen molar-refractivity contribution in [3.05, 3.63) is 0 Å². The van der Waals surface area contributed by atoms with Gasteiger partial charge in [0, 0.05) is 40.4 Å². The molecule has 1 saturated heterocycles. The predicted octanol–water partition coefficient (Wildman–Crippen LogP) is 3.11. The van der Waals surface area contributed by atoms with E-state index in [9.17, 15) is 4.21 Å². The minimum atomic E-state index is -0.674. The number of nitrogens with zero attached hydrogens (tertiary/aromatic N) is 2. The van der Waals surface area contributed by atoms with Gasteiger partial charge in [0.2, 0.25) is 0 Å². The molecule has 5 nitrogen and oxygen atoms in total. The maximum absolute atomic E-state index is 12.2. The SMILES string of the molecule is CCNC(=NCC(CC)N1CCCC1)NC1CCCC(S(=O)CC)C1.I. The quantitative estimate of drug-likeness (QED) is 0.307.